The Morgan fingerprint density at radius 3 is 2.19 bits per heavy atom. The van der Waals surface area contributed by atoms with Gasteiger partial charge in [0.15, 0.2) is 18.1 Å². The molecule has 0 atom stereocenters. The number of esters is 1. The fourth-order valence-corrected chi connectivity index (χ4v) is 4.27. The normalized spacial score (nSPS) is 10.5. The number of carbonyl (C=O) groups is 3. The Labute approximate surface area is 252 Å². The van der Waals surface area contributed by atoms with Gasteiger partial charge in [-0.3, -0.25) is 19.6 Å². The van der Waals surface area contributed by atoms with E-state index in [2.05, 4.69) is 4.98 Å². The molecule has 0 fully saturated rings. The summed E-state index contributed by atoms with van der Waals surface area (Å²) < 4.78 is 16.8. The Bertz CT molecular complexity index is 1580. The van der Waals surface area contributed by atoms with Gasteiger partial charge in [-0.05, 0) is 36.1 Å². The van der Waals surface area contributed by atoms with Crippen LogP contribution in [0.1, 0.15) is 36.0 Å². The second-order valence-electron chi connectivity index (χ2n) is 9.18. The molecule has 2 aromatic heterocycles. The van der Waals surface area contributed by atoms with Crippen LogP contribution in [-0.4, -0.2) is 53.5 Å². The zero-order chi connectivity index (χ0) is 30.1. The standard InChI is InChI=1S/C30H29N3O9.ClH/c1-40-29-27(30(37)32-38)23-18-33(39)15-14-24(23)31-28(29)21-6-4-19(5-7-21)20-8-10-22(11-9-20)41-16-2-3-17-42-26(36)13-12-25(34)35;/h4-11,14-15,18,38H,2-3,12-13,16-17H2,1H3,(H,32,37)(H,34,35);1H. The molecule has 1 amide bonds. The van der Waals surface area contributed by atoms with Crippen LogP contribution in [0.4, 0.5) is 0 Å². The largest absolute Gasteiger partial charge is 0.619 e. The highest BCUT2D eigenvalue weighted by atomic mass is 35.5. The van der Waals surface area contributed by atoms with Gasteiger partial charge in [0.2, 0.25) is 0 Å². The molecule has 12 nitrogen and oxygen atoms in total. The molecule has 0 saturated carbocycles. The first kappa shape index (κ1) is 32.6. The molecule has 0 aliphatic carbocycles. The Morgan fingerprint density at radius 1 is 0.930 bits per heavy atom. The molecular formula is C30H30ClN3O9. The van der Waals surface area contributed by atoms with Crippen LogP contribution in [-0.2, 0) is 14.3 Å². The molecule has 4 aromatic rings. The number of methoxy groups -OCH3 is 1. The van der Waals surface area contributed by atoms with Gasteiger partial charge < -0.3 is 24.5 Å². The van der Waals surface area contributed by atoms with E-state index in [1.807, 2.05) is 48.5 Å². The highest BCUT2D eigenvalue weighted by Crippen LogP contribution is 2.36. The van der Waals surface area contributed by atoms with E-state index >= 15 is 0 Å². The van der Waals surface area contributed by atoms with Gasteiger partial charge in [0, 0.05) is 11.6 Å². The number of aliphatic carboxylic acids is 1. The molecule has 43 heavy (non-hydrogen) atoms. The summed E-state index contributed by atoms with van der Waals surface area (Å²) in [6.07, 6.45) is 3.36. The SMILES string of the molecule is COc1c(-c2ccc(-c3ccc(OCCCCOC(=O)CCC(=O)O)cc3)cc2)nc2cc[n+]([O-])cc2c1C(=O)NO.Cl. The van der Waals surface area contributed by atoms with Crippen LogP contribution in [0, 0.1) is 5.21 Å². The summed E-state index contributed by atoms with van der Waals surface area (Å²) in [6, 6.07) is 16.5. The Kier molecular flexibility index (Phi) is 11.6. The Morgan fingerprint density at radius 2 is 1.56 bits per heavy atom. The number of amides is 1. The molecule has 13 heteroatoms. The van der Waals surface area contributed by atoms with Gasteiger partial charge in [-0.1, -0.05) is 36.4 Å². The summed E-state index contributed by atoms with van der Waals surface area (Å²) in [4.78, 5) is 39.0. The highest BCUT2D eigenvalue weighted by Gasteiger charge is 2.24. The molecule has 0 bridgehead atoms. The molecule has 0 saturated heterocycles. The fourth-order valence-electron chi connectivity index (χ4n) is 4.27. The van der Waals surface area contributed by atoms with Gasteiger partial charge in [0.25, 0.3) is 5.91 Å². The third kappa shape index (κ3) is 8.31. The van der Waals surface area contributed by atoms with Crippen molar-refractivity contribution in [1.82, 2.24) is 10.5 Å². The number of carboxylic acid groups (broad SMARTS) is 1. The number of nitrogens with zero attached hydrogens (tertiary/aromatic N) is 2. The average molecular weight is 612 g/mol. The van der Waals surface area contributed by atoms with Crippen LogP contribution in [0.3, 0.4) is 0 Å². The van der Waals surface area contributed by atoms with E-state index in [-0.39, 0.29) is 48.6 Å². The third-order valence-electron chi connectivity index (χ3n) is 6.35. The zero-order valence-corrected chi connectivity index (χ0v) is 24.0. The monoisotopic (exact) mass is 611 g/mol. The van der Waals surface area contributed by atoms with Crippen molar-refractivity contribution >= 4 is 41.2 Å². The lowest BCUT2D eigenvalue weighted by molar-refractivity contribution is -0.603. The molecule has 0 unspecified atom stereocenters. The molecule has 3 N–H and O–H groups in total. The van der Waals surface area contributed by atoms with Gasteiger partial charge >= 0.3 is 11.9 Å². The van der Waals surface area contributed by atoms with Crippen LogP contribution in [0.15, 0.2) is 67.0 Å². The third-order valence-corrected chi connectivity index (χ3v) is 6.35. The van der Waals surface area contributed by atoms with E-state index in [9.17, 15) is 24.8 Å². The number of pyridine rings is 2. The summed E-state index contributed by atoms with van der Waals surface area (Å²) in [5.41, 5.74) is 4.89. The second kappa shape index (κ2) is 15.3. The van der Waals surface area contributed by atoms with Crippen LogP contribution in [0.25, 0.3) is 33.3 Å². The minimum Gasteiger partial charge on any atom is -0.619 e. The summed E-state index contributed by atoms with van der Waals surface area (Å²) in [5, 5.41) is 30.0. The number of hydroxylamine groups is 1. The fraction of sp³-hybridized carbons (Fsp3) is 0.233. The molecule has 2 aromatic carbocycles. The lowest BCUT2D eigenvalue weighted by Gasteiger charge is -2.15. The van der Waals surface area contributed by atoms with E-state index in [1.165, 1.54) is 25.6 Å². The van der Waals surface area contributed by atoms with E-state index in [0.717, 1.165) is 11.1 Å². The number of carbonyl (C=O) groups excluding carboxylic acids is 2. The Hall–Kier alpha value is -4.94. The highest BCUT2D eigenvalue weighted by molar-refractivity contribution is 6.09. The number of aromatic nitrogens is 2. The van der Waals surface area contributed by atoms with E-state index in [4.69, 9.17) is 19.3 Å². The number of ether oxygens (including phenoxy) is 3. The Balaban J connectivity index is 0.00000506. The van der Waals surface area contributed by atoms with Crippen molar-refractivity contribution in [3.63, 3.8) is 0 Å². The maximum atomic E-state index is 12.5. The van der Waals surface area contributed by atoms with E-state index in [0.29, 0.717) is 46.7 Å². The minimum absolute atomic E-state index is 0. The number of nitrogens with one attached hydrogen (secondary N) is 1. The van der Waals surface area contributed by atoms with Crippen LogP contribution < -0.4 is 19.7 Å². The van der Waals surface area contributed by atoms with Gasteiger partial charge in [0.05, 0.1) is 44.1 Å². The van der Waals surface area contributed by atoms with Crippen molar-refractivity contribution in [2.45, 2.75) is 25.7 Å². The predicted octanol–water partition coefficient (Wildman–Crippen LogP) is 4.32. The van der Waals surface area contributed by atoms with Crippen molar-refractivity contribution in [1.29, 1.82) is 0 Å². The van der Waals surface area contributed by atoms with Crippen molar-refractivity contribution in [3.8, 4) is 33.9 Å². The number of rotatable bonds is 13. The summed E-state index contributed by atoms with van der Waals surface area (Å²) in [7, 11) is 1.38. The lowest BCUT2D eigenvalue weighted by Crippen LogP contribution is -2.26. The van der Waals surface area contributed by atoms with Crippen molar-refractivity contribution in [2.75, 3.05) is 20.3 Å². The molecule has 0 aliphatic heterocycles. The quantitative estimate of drug-likeness (QED) is 0.0494. The van der Waals surface area contributed by atoms with Gasteiger partial charge in [0.1, 0.15) is 17.0 Å². The number of halogens is 1. The summed E-state index contributed by atoms with van der Waals surface area (Å²) >= 11 is 0. The lowest BCUT2D eigenvalue weighted by atomic mass is 10.00. The molecule has 0 spiro atoms. The summed E-state index contributed by atoms with van der Waals surface area (Å²) in [5.74, 6) is -1.58. The van der Waals surface area contributed by atoms with Gasteiger partial charge in [-0.2, -0.15) is 4.73 Å². The topological polar surface area (TPSA) is 171 Å². The number of hydrogen-bond acceptors (Lipinski definition) is 9. The molecule has 0 radical (unpaired) electrons. The van der Waals surface area contributed by atoms with Gasteiger partial charge in [-0.25, -0.2) is 10.5 Å². The smallest absolute Gasteiger partial charge is 0.306 e. The zero-order valence-electron chi connectivity index (χ0n) is 23.1. The minimum atomic E-state index is -1.03. The number of hydrogen-bond donors (Lipinski definition) is 3. The maximum Gasteiger partial charge on any atom is 0.306 e. The van der Waals surface area contributed by atoms with Crippen molar-refractivity contribution < 1.29 is 43.6 Å². The number of benzene rings is 2. The first-order chi connectivity index (χ1) is 20.3. The van der Waals surface area contributed by atoms with Crippen molar-refractivity contribution in [3.05, 3.63) is 77.8 Å². The first-order valence-corrected chi connectivity index (χ1v) is 13.1. The second-order valence-corrected chi connectivity index (χ2v) is 9.18. The van der Waals surface area contributed by atoms with Crippen LogP contribution in [0.5, 0.6) is 11.5 Å². The molecular weight excluding hydrogens is 582 g/mol. The number of fused-ring (bicyclic) bond motifs is 1. The molecule has 226 valence electrons. The molecule has 0 aliphatic rings. The summed E-state index contributed by atoms with van der Waals surface area (Å²) in [6.45, 7) is 0.653. The number of unbranched alkanes of at least 4 members (excludes halogenated alkanes) is 1. The van der Waals surface area contributed by atoms with Gasteiger partial charge in [-0.15, -0.1) is 12.4 Å². The number of carboxylic acids is 1. The predicted molar refractivity (Wildman–Crippen MR) is 157 cm³/mol. The average Bonchev–Trinajstić information content (AvgIpc) is 3.00. The first-order valence-electron chi connectivity index (χ1n) is 13.1. The van der Waals surface area contributed by atoms with Crippen molar-refractivity contribution in [2.24, 2.45) is 0 Å². The maximum absolute atomic E-state index is 12.5. The molecule has 2 heterocycles. The van der Waals surface area contributed by atoms with E-state index < -0.39 is 17.8 Å². The van der Waals surface area contributed by atoms with Crippen LogP contribution >= 0.6 is 12.4 Å². The van der Waals surface area contributed by atoms with E-state index in [1.54, 1.807) is 5.48 Å². The van der Waals surface area contributed by atoms with Crippen LogP contribution in [0.2, 0.25) is 0 Å². The molecule has 4 rings (SSSR count).